The van der Waals surface area contributed by atoms with Crippen LogP contribution in [0.3, 0.4) is 0 Å². The molecule has 3 nitrogen and oxygen atoms in total. The minimum atomic E-state index is 0.415. The summed E-state index contributed by atoms with van der Waals surface area (Å²) in [6.45, 7) is 0. The summed E-state index contributed by atoms with van der Waals surface area (Å²) in [5.74, 6) is 0.906. The second kappa shape index (κ2) is 4.46. The molecule has 5 heteroatoms. The van der Waals surface area contributed by atoms with E-state index in [1.807, 2.05) is 35.0 Å². The van der Waals surface area contributed by atoms with Crippen LogP contribution in [0.15, 0.2) is 39.5 Å². The lowest BCUT2D eigenvalue weighted by atomic mass is 10.3. The zero-order chi connectivity index (χ0) is 11.8. The van der Waals surface area contributed by atoms with Crippen molar-refractivity contribution < 1.29 is 4.74 Å². The van der Waals surface area contributed by atoms with Gasteiger partial charge in [0.25, 0.3) is 0 Å². The molecule has 1 heterocycles. The Morgan fingerprint density at radius 2 is 2.06 bits per heavy atom. The molecule has 3 rings (SSSR count). The SMILES string of the molecule is Brc1cc(Br)n(-c2cccc(OC3CC3)c2)n1. The van der Waals surface area contributed by atoms with Gasteiger partial charge in [-0.15, -0.1) is 0 Å². The van der Waals surface area contributed by atoms with E-state index < -0.39 is 0 Å². The molecule has 0 unspecified atom stereocenters. The molecule has 1 aliphatic carbocycles. The van der Waals surface area contributed by atoms with Gasteiger partial charge in [0.2, 0.25) is 0 Å². The molecule has 0 bridgehead atoms. The lowest BCUT2D eigenvalue weighted by Crippen LogP contribution is -1.99. The van der Waals surface area contributed by atoms with Crippen molar-refractivity contribution in [1.82, 2.24) is 9.78 Å². The van der Waals surface area contributed by atoms with Gasteiger partial charge < -0.3 is 4.74 Å². The molecular weight excluding hydrogens is 348 g/mol. The first-order valence-electron chi connectivity index (χ1n) is 5.40. The molecule has 1 fully saturated rings. The summed E-state index contributed by atoms with van der Waals surface area (Å²) < 4.78 is 9.30. The van der Waals surface area contributed by atoms with Gasteiger partial charge in [-0.05, 0) is 56.8 Å². The lowest BCUT2D eigenvalue weighted by molar-refractivity contribution is 0.303. The summed E-state index contributed by atoms with van der Waals surface area (Å²) >= 11 is 6.83. The van der Waals surface area contributed by atoms with Crippen LogP contribution in [0, 0.1) is 0 Å². The molecule has 0 radical (unpaired) electrons. The summed E-state index contributed by atoms with van der Waals surface area (Å²) in [6, 6.07) is 9.88. The van der Waals surface area contributed by atoms with E-state index in [-0.39, 0.29) is 0 Å². The molecular formula is C12H10Br2N2O. The number of hydrogen-bond donors (Lipinski definition) is 0. The van der Waals surface area contributed by atoms with Crippen molar-refractivity contribution in [3.8, 4) is 11.4 Å². The number of aromatic nitrogens is 2. The van der Waals surface area contributed by atoms with Crippen molar-refractivity contribution in [3.05, 3.63) is 39.5 Å². The second-order valence-electron chi connectivity index (χ2n) is 4.02. The Hall–Kier alpha value is -0.810. The van der Waals surface area contributed by atoms with Gasteiger partial charge in [-0.3, -0.25) is 0 Å². The lowest BCUT2D eigenvalue weighted by Gasteiger charge is -2.07. The van der Waals surface area contributed by atoms with Crippen LogP contribution in [0.1, 0.15) is 12.8 Å². The Balaban J connectivity index is 1.93. The topological polar surface area (TPSA) is 27.1 Å². The van der Waals surface area contributed by atoms with Crippen LogP contribution in [-0.2, 0) is 0 Å². The fraction of sp³-hybridized carbons (Fsp3) is 0.250. The van der Waals surface area contributed by atoms with Crippen LogP contribution in [0.5, 0.6) is 5.75 Å². The van der Waals surface area contributed by atoms with Crippen LogP contribution in [0.4, 0.5) is 0 Å². The Bertz CT molecular complexity index is 549. The van der Waals surface area contributed by atoms with Crippen molar-refractivity contribution in [2.45, 2.75) is 18.9 Å². The fourth-order valence-electron chi connectivity index (χ4n) is 1.58. The summed E-state index contributed by atoms with van der Waals surface area (Å²) in [4.78, 5) is 0. The first kappa shape index (κ1) is 11.3. The van der Waals surface area contributed by atoms with Crippen LogP contribution in [-0.4, -0.2) is 15.9 Å². The third-order valence-corrected chi connectivity index (χ3v) is 3.48. The van der Waals surface area contributed by atoms with Crippen LogP contribution < -0.4 is 4.74 Å². The molecule has 1 saturated carbocycles. The van der Waals surface area contributed by atoms with Gasteiger partial charge in [0.05, 0.1) is 11.8 Å². The number of nitrogens with zero attached hydrogens (tertiary/aromatic N) is 2. The van der Waals surface area contributed by atoms with Gasteiger partial charge in [0.15, 0.2) is 0 Å². The third kappa shape index (κ3) is 2.55. The summed E-state index contributed by atoms with van der Waals surface area (Å²) in [5.41, 5.74) is 0.987. The molecule has 0 saturated heterocycles. The van der Waals surface area contributed by atoms with E-state index in [0.717, 1.165) is 20.6 Å². The first-order valence-corrected chi connectivity index (χ1v) is 6.99. The molecule has 1 aromatic carbocycles. The van der Waals surface area contributed by atoms with E-state index in [1.165, 1.54) is 12.8 Å². The highest BCUT2D eigenvalue weighted by Gasteiger charge is 2.23. The standard InChI is InChI=1S/C12H10Br2N2O/c13-11-7-12(14)16(15-11)8-2-1-3-10(6-8)17-9-4-5-9/h1-3,6-7,9H,4-5H2. The highest BCUT2D eigenvalue weighted by molar-refractivity contribution is 9.11. The normalized spacial score (nSPS) is 14.9. The third-order valence-electron chi connectivity index (χ3n) is 2.53. The predicted octanol–water partition coefficient (Wildman–Crippen LogP) is 3.94. The maximum Gasteiger partial charge on any atom is 0.129 e. The van der Waals surface area contributed by atoms with Gasteiger partial charge in [-0.2, -0.15) is 5.10 Å². The Labute approximate surface area is 116 Å². The van der Waals surface area contributed by atoms with E-state index in [9.17, 15) is 0 Å². The molecule has 0 N–H and O–H groups in total. The average Bonchev–Trinajstić information content (AvgIpc) is 3.03. The van der Waals surface area contributed by atoms with Crippen molar-refractivity contribution in [1.29, 1.82) is 0 Å². The number of ether oxygens (including phenoxy) is 1. The zero-order valence-corrected chi connectivity index (χ0v) is 12.1. The molecule has 1 aliphatic rings. The summed E-state index contributed by atoms with van der Waals surface area (Å²) in [5, 5.41) is 4.35. The molecule has 0 spiro atoms. The summed E-state index contributed by atoms with van der Waals surface area (Å²) in [7, 11) is 0. The number of halogens is 2. The maximum absolute atomic E-state index is 5.77. The molecule has 0 amide bonds. The monoisotopic (exact) mass is 356 g/mol. The van der Waals surface area contributed by atoms with Gasteiger partial charge in [0.1, 0.15) is 15.0 Å². The van der Waals surface area contributed by atoms with E-state index >= 15 is 0 Å². The Morgan fingerprint density at radius 1 is 1.24 bits per heavy atom. The van der Waals surface area contributed by atoms with Crippen LogP contribution >= 0.6 is 31.9 Å². The predicted molar refractivity (Wildman–Crippen MR) is 72.6 cm³/mol. The van der Waals surface area contributed by atoms with Crippen molar-refractivity contribution in [2.75, 3.05) is 0 Å². The second-order valence-corrected chi connectivity index (χ2v) is 5.64. The zero-order valence-electron chi connectivity index (χ0n) is 8.94. The van der Waals surface area contributed by atoms with Crippen LogP contribution in [0.25, 0.3) is 5.69 Å². The minimum absolute atomic E-state index is 0.415. The minimum Gasteiger partial charge on any atom is -0.490 e. The summed E-state index contributed by atoms with van der Waals surface area (Å²) in [6.07, 6.45) is 2.75. The maximum atomic E-state index is 5.77. The van der Waals surface area contributed by atoms with E-state index in [0.29, 0.717) is 6.10 Å². The van der Waals surface area contributed by atoms with E-state index in [1.54, 1.807) is 0 Å². The van der Waals surface area contributed by atoms with Gasteiger partial charge in [-0.1, -0.05) is 6.07 Å². The highest BCUT2D eigenvalue weighted by Crippen LogP contribution is 2.28. The quantitative estimate of drug-likeness (QED) is 0.831. The molecule has 88 valence electrons. The Kier molecular flexibility index (Phi) is 2.96. The smallest absolute Gasteiger partial charge is 0.129 e. The largest absolute Gasteiger partial charge is 0.490 e. The molecule has 2 aromatic rings. The van der Waals surface area contributed by atoms with Crippen molar-refractivity contribution >= 4 is 31.9 Å². The highest BCUT2D eigenvalue weighted by atomic mass is 79.9. The van der Waals surface area contributed by atoms with Crippen LogP contribution in [0.2, 0.25) is 0 Å². The van der Waals surface area contributed by atoms with E-state index in [2.05, 4.69) is 37.0 Å². The Morgan fingerprint density at radius 3 is 2.71 bits per heavy atom. The number of hydrogen-bond acceptors (Lipinski definition) is 2. The van der Waals surface area contributed by atoms with Gasteiger partial charge in [-0.25, -0.2) is 4.68 Å². The van der Waals surface area contributed by atoms with Gasteiger partial charge >= 0.3 is 0 Å². The molecule has 17 heavy (non-hydrogen) atoms. The number of rotatable bonds is 3. The fourth-order valence-corrected chi connectivity index (χ4v) is 2.76. The first-order chi connectivity index (χ1) is 8.22. The average molecular weight is 358 g/mol. The molecule has 1 aromatic heterocycles. The molecule has 0 atom stereocenters. The van der Waals surface area contributed by atoms with E-state index in [4.69, 9.17) is 4.74 Å². The molecule has 0 aliphatic heterocycles. The van der Waals surface area contributed by atoms with Crippen molar-refractivity contribution in [2.24, 2.45) is 0 Å². The van der Waals surface area contributed by atoms with Gasteiger partial charge in [0, 0.05) is 12.1 Å². The number of benzene rings is 1. The van der Waals surface area contributed by atoms with Crippen molar-refractivity contribution in [3.63, 3.8) is 0 Å².